The van der Waals surface area contributed by atoms with E-state index < -0.39 is 0 Å². The molecule has 0 radical (unpaired) electrons. The molecule has 2 heterocycles. The molecule has 2 aromatic heterocycles. The van der Waals surface area contributed by atoms with Gasteiger partial charge in [-0.2, -0.15) is 0 Å². The number of rotatable bonds is 8. The molecule has 0 unspecified atom stereocenters. The zero-order valence-electron chi connectivity index (χ0n) is 15.1. The molecule has 5 heteroatoms. The van der Waals surface area contributed by atoms with E-state index in [1.807, 2.05) is 6.07 Å². The highest BCUT2D eigenvalue weighted by atomic mass is 32.1. The van der Waals surface area contributed by atoms with Crippen LogP contribution in [-0.4, -0.2) is 22.4 Å². The molecular formula is C20H29N3OS. The number of aromatic amines is 1. The van der Waals surface area contributed by atoms with Gasteiger partial charge in [-0.05, 0) is 43.0 Å². The molecule has 0 bridgehead atoms. The summed E-state index contributed by atoms with van der Waals surface area (Å²) in [6, 6.07) is 4.12. The number of H-pyrrole nitrogens is 1. The standard InChI is InChI=1S/C20H29N3OS/c1-2-3-5-15-7-9-16(10-8-15)20(24)21-12-11-17-19(23-14-22-17)18-6-4-13-25-18/h4,6,13-16H,2-3,5,7-12H2,1H3,(H,21,24)(H,22,23). The van der Waals surface area contributed by atoms with Crippen molar-refractivity contribution in [2.45, 2.75) is 58.3 Å². The summed E-state index contributed by atoms with van der Waals surface area (Å²) in [6.07, 6.45) is 11.1. The van der Waals surface area contributed by atoms with Crippen molar-refractivity contribution in [2.24, 2.45) is 11.8 Å². The number of hydrogen-bond acceptors (Lipinski definition) is 3. The lowest BCUT2D eigenvalue weighted by molar-refractivity contribution is -0.126. The first-order chi connectivity index (χ1) is 12.3. The molecule has 0 aliphatic heterocycles. The lowest BCUT2D eigenvalue weighted by Crippen LogP contribution is -2.34. The Morgan fingerprint density at radius 2 is 2.20 bits per heavy atom. The van der Waals surface area contributed by atoms with Crippen molar-refractivity contribution in [3.63, 3.8) is 0 Å². The molecule has 1 saturated carbocycles. The number of thiophene rings is 1. The molecule has 3 rings (SSSR count). The van der Waals surface area contributed by atoms with Crippen molar-refractivity contribution in [1.82, 2.24) is 15.3 Å². The van der Waals surface area contributed by atoms with E-state index in [1.165, 1.54) is 37.0 Å². The Hall–Kier alpha value is -1.62. The lowest BCUT2D eigenvalue weighted by atomic mass is 9.79. The Balaban J connectivity index is 1.41. The van der Waals surface area contributed by atoms with Gasteiger partial charge in [-0.3, -0.25) is 4.79 Å². The highest BCUT2D eigenvalue weighted by Crippen LogP contribution is 2.32. The summed E-state index contributed by atoms with van der Waals surface area (Å²) in [5.74, 6) is 1.31. The average Bonchev–Trinajstić information content (AvgIpc) is 3.31. The average molecular weight is 360 g/mol. The zero-order valence-corrected chi connectivity index (χ0v) is 15.9. The molecule has 2 N–H and O–H groups in total. The Labute approximate surface area is 154 Å². The van der Waals surface area contributed by atoms with E-state index in [1.54, 1.807) is 17.7 Å². The number of unbranched alkanes of at least 4 members (excludes halogenated alkanes) is 1. The number of imidazole rings is 1. The van der Waals surface area contributed by atoms with Crippen LogP contribution in [0.25, 0.3) is 10.6 Å². The van der Waals surface area contributed by atoms with Crippen LogP contribution in [0.5, 0.6) is 0 Å². The third kappa shape index (κ3) is 4.94. The molecule has 2 aromatic rings. The van der Waals surface area contributed by atoms with Gasteiger partial charge in [0.25, 0.3) is 0 Å². The summed E-state index contributed by atoms with van der Waals surface area (Å²) in [5.41, 5.74) is 2.12. The van der Waals surface area contributed by atoms with Crippen molar-refractivity contribution in [3.05, 3.63) is 29.5 Å². The van der Waals surface area contributed by atoms with E-state index in [0.717, 1.165) is 36.6 Å². The van der Waals surface area contributed by atoms with Crippen LogP contribution < -0.4 is 5.32 Å². The fraction of sp³-hybridized carbons (Fsp3) is 0.600. The second-order valence-corrected chi connectivity index (χ2v) is 8.06. The normalized spacial score (nSPS) is 20.5. The van der Waals surface area contributed by atoms with Gasteiger partial charge in [-0.25, -0.2) is 4.98 Å². The summed E-state index contributed by atoms with van der Waals surface area (Å²) < 4.78 is 0. The second-order valence-electron chi connectivity index (χ2n) is 7.11. The van der Waals surface area contributed by atoms with E-state index in [-0.39, 0.29) is 11.8 Å². The van der Waals surface area contributed by atoms with Crippen LogP contribution in [0, 0.1) is 11.8 Å². The van der Waals surface area contributed by atoms with Crippen LogP contribution in [0.2, 0.25) is 0 Å². The molecular weight excluding hydrogens is 330 g/mol. The number of nitrogens with one attached hydrogen (secondary N) is 2. The third-order valence-corrected chi connectivity index (χ3v) is 6.21. The molecule has 25 heavy (non-hydrogen) atoms. The molecule has 0 aromatic carbocycles. The van der Waals surface area contributed by atoms with E-state index >= 15 is 0 Å². The lowest BCUT2D eigenvalue weighted by Gasteiger charge is -2.27. The van der Waals surface area contributed by atoms with Gasteiger partial charge in [0, 0.05) is 24.6 Å². The molecule has 4 nitrogen and oxygen atoms in total. The van der Waals surface area contributed by atoms with Crippen LogP contribution in [0.4, 0.5) is 0 Å². The van der Waals surface area contributed by atoms with E-state index in [4.69, 9.17) is 0 Å². The number of carbonyl (C=O) groups is 1. The Morgan fingerprint density at radius 3 is 2.92 bits per heavy atom. The third-order valence-electron chi connectivity index (χ3n) is 5.33. The van der Waals surface area contributed by atoms with Gasteiger partial charge >= 0.3 is 0 Å². The molecule has 0 atom stereocenters. The van der Waals surface area contributed by atoms with Crippen molar-refractivity contribution in [1.29, 1.82) is 0 Å². The number of hydrogen-bond donors (Lipinski definition) is 2. The highest BCUT2D eigenvalue weighted by Gasteiger charge is 2.25. The molecule has 0 saturated heterocycles. The smallest absolute Gasteiger partial charge is 0.223 e. The number of amides is 1. The summed E-state index contributed by atoms with van der Waals surface area (Å²) in [4.78, 5) is 21.2. The maximum atomic E-state index is 12.4. The van der Waals surface area contributed by atoms with Gasteiger partial charge in [-0.15, -0.1) is 11.3 Å². The van der Waals surface area contributed by atoms with Crippen molar-refractivity contribution in [3.8, 4) is 10.6 Å². The largest absolute Gasteiger partial charge is 0.355 e. The summed E-state index contributed by atoms with van der Waals surface area (Å²) >= 11 is 1.69. The minimum Gasteiger partial charge on any atom is -0.355 e. The SMILES string of the molecule is CCCCC1CCC(C(=O)NCCc2[nH]cnc2-c2cccs2)CC1. The van der Waals surface area contributed by atoms with E-state index in [0.29, 0.717) is 6.54 Å². The highest BCUT2D eigenvalue weighted by molar-refractivity contribution is 7.13. The maximum absolute atomic E-state index is 12.4. The van der Waals surface area contributed by atoms with Gasteiger partial charge in [0.1, 0.15) is 5.69 Å². The van der Waals surface area contributed by atoms with Crippen molar-refractivity contribution in [2.75, 3.05) is 6.54 Å². The molecule has 0 spiro atoms. The number of carbonyl (C=O) groups excluding carboxylic acids is 1. The van der Waals surface area contributed by atoms with Crippen LogP contribution in [-0.2, 0) is 11.2 Å². The summed E-state index contributed by atoms with van der Waals surface area (Å²) in [7, 11) is 0. The molecule has 1 aliphatic carbocycles. The van der Waals surface area contributed by atoms with Crippen molar-refractivity contribution < 1.29 is 4.79 Å². The van der Waals surface area contributed by atoms with Crippen LogP contribution in [0.15, 0.2) is 23.8 Å². The first-order valence-electron chi connectivity index (χ1n) is 9.61. The monoisotopic (exact) mass is 359 g/mol. The predicted octanol–water partition coefficient (Wildman–Crippen LogP) is 4.79. The van der Waals surface area contributed by atoms with Crippen LogP contribution in [0.3, 0.4) is 0 Å². The maximum Gasteiger partial charge on any atom is 0.223 e. The topological polar surface area (TPSA) is 57.8 Å². The second kappa shape index (κ2) is 9.18. The minimum atomic E-state index is 0.219. The molecule has 1 amide bonds. The van der Waals surface area contributed by atoms with Gasteiger partial charge in [-0.1, -0.05) is 32.3 Å². The fourth-order valence-electron chi connectivity index (χ4n) is 3.80. The van der Waals surface area contributed by atoms with E-state index in [9.17, 15) is 4.79 Å². The molecule has 1 aliphatic rings. The fourth-order valence-corrected chi connectivity index (χ4v) is 4.55. The predicted molar refractivity (Wildman–Crippen MR) is 104 cm³/mol. The Bertz CT molecular complexity index is 642. The van der Waals surface area contributed by atoms with Gasteiger partial charge in [0.05, 0.1) is 11.2 Å². The quantitative estimate of drug-likeness (QED) is 0.712. The minimum absolute atomic E-state index is 0.219. The molecule has 136 valence electrons. The first kappa shape index (κ1) is 18.2. The Morgan fingerprint density at radius 1 is 1.36 bits per heavy atom. The first-order valence-corrected chi connectivity index (χ1v) is 10.5. The Kier molecular flexibility index (Phi) is 6.68. The van der Waals surface area contributed by atoms with Crippen LogP contribution in [0.1, 0.15) is 57.6 Å². The van der Waals surface area contributed by atoms with E-state index in [2.05, 4.69) is 33.7 Å². The summed E-state index contributed by atoms with van der Waals surface area (Å²) in [5, 5.41) is 5.20. The zero-order chi connectivity index (χ0) is 17.5. The van der Waals surface area contributed by atoms with Gasteiger partial charge in [0.15, 0.2) is 0 Å². The van der Waals surface area contributed by atoms with Gasteiger partial charge < -0.3 is 10.3 Å². The number of nitrogens with zero attached hydrogens (tertiary/aromatic N) is 1. The summed E-state index contributed by atoms with van der Waals surface area (Å²) in [6.45, 7) is 2.93. The van der Waals surface area contributed by atoms with Crippen LogP contribution >= 0.6 is 11.3 Å². The molecule has 1 fully saturated rings. The van der Waals surface area contributed by atoms with Crippen molar-refractivity contribution >= 4 is 17.2 Å². The van der Waals surface area contributed by atoms with Gasteiger partial charge in [0.2, 0.25) is 5.91 Å². The number of aromatic nitrogens is 2.